The largest absolute Gasteiger partial charge is 0.481 e. The highest BCUT2D eigenvalue weighted by atomic mass is 16.4. The summed E-state index contributed by atoms with van der Waals surface area (Å²) in [6, 6.07) is 0.115. The van der Waals surface area contributed by atoms with Crippen LogP contribution in [-0.4, -0.2) is 66.4 Å². The Bertz CT molecular complexity index is 1210. The number of hydrogen-bond acceptors (Lipinski definition) is 10. The van der Waals surface area contributed by atoms with Crippen molar-refractivity contribution in [2.45, 2.75) is 147 Å². The van der Waals surface area contributed by atoms with E-state index in [4.69, 9.17) is 5.73 Å². The Hall–Kier alpha value is -0.890. The summed E-state index contributed by atoms with van der Waals surface area (Å²) in [5.41, 5.74) is 7.25. The van der Waals surface area contributed by atoms with E-state index in [9.17, 15) is 9.90 Å². The molecule has 0 amide bonds. The number of carboxylic acid groups (broad SMARTS) is 1. The van der Waals surface area contributed by atoms with Crippen LogP contribution in [0.3, 0.4) is 0 Å². The maximum absolute atomic E-state index is 12.5. The highest BCUT2D eigenvalue weighted by Crippen LogP contribution is 2.50. The third-order valence-corrected chi connectivity index (χ3v) is 16.5. The smallest absolute Gasteiger partial charge is 0.306 e. The zero-order chi connectivity index (χ0) is 33.0. The van der Waals surface area contributed by atoms with Crippen LogP contribution in [0.1, 0.15) is 91.9 Å². The van der Waals surface area contributed by atoms with E-state index in [1.807, 2.05) is 0 Å². The highest BCUT2D eigenvalue weighted by Gasteiger charge is 2.59. The van der Waals surface area contributed by atoms with Crippen molar-refractivity contribution < 1.29 is 9.90 Å². The van der Waals surface area contributed by atoms with Gasteiger partial charge in [-0.1, -0.05) is 53.4 Å². The highest BCUT2D eigenvalue weighted by molar-refractivity contribution is 5.70. The molecule has 0 radical (unpaired) electrons. The summed E-state index contributed by atoms with van der Waals surface area (Å²) in [7, 11) is 0. The summed E-state index contributed by atoms with van der Waals surface area (Å²) in [4.78, 5) is 12.5. The topological polar surface area (TPSA) is 160 Å². The molecule has 0 aromatic rings. The van der Waals surface area contributed by atoms with Crippen LogP contribution < -0.4 is 48.3 Å². The van der Waals surface area contributed by atoms with Crippen LogP contribution in [0, 0.1) is 76.9 Å². The number of carbonyl (C=O) groups is 1. The average molecular weight is 668 g/mol. The molecule has 22 unspecified atom stereocenters. The third-order valence-electron chi connectivity index (χ3n) is 16.5. The molecule has 9 fully saturated rings. The number of hydrogen-bond donors (Lipinski definition) is 10. The summed E-state index contributed by atoms with van der Waals surface area (Å²) in [5, 5.41) is 43.6. The lowest BCUT2D eigenvalue weighted by Gasteiger charge is -2.48. The Kier molecular flexibility index (Phi) is 8.69. The van der Waals surface area contributed by atoms with Gasteiger partial charge in [-0.25, -0.2) is 0 Å². The normalized spacial score (nSPS) is 59.3. The summed E-state index contributed by atoms with van der Waals surface area (Å²) in [6.45, 7) is 9.45. The first-order chi connectivity index (χ1) is 23.2. The molecule has 5 heterocycles. The summed E-state index contributed by atoms with van der Waals surface area (Å²) >= 11 is 0. The molecule has 9 rings (SSSR count). The summed E-state index contributed by atoms with van der Waals surface area (Å²) in [5.74, 6) is 4.48. The molecule has 48 heavy (non-hydrogen) atoms. The van der Waals surface area contributed by atoms with E-state index >= 15 is 0 Å². The molecule has 0 spiro atoms. The average Bonchev–Trinajstić information content (AvgIpc) is 3.82. The zero-order valence-corrected chi connectivity index (χ0v) is 29.7. The van der Waals surface area contributed by atoms with Crippen molar-refractivity contribution in [3.8, 4) is 0 Å². The first-order valence-electron chi connectivity index (χ1n) is 20.3. The number of nitrogens with two attached hydrogens (primary N) is 1. The van der Waals surface area contributed by atoms with Crippen molar-refractivity contribution in [1.29, 1.82) is 0 Å². The minimum absolute atomic E-state index is 0.0294. The molecule has 0 aromatic carbocycles. The van der Waals surface area contributed by atoms with Crippen molar-refractivity contribution in [2.75, 3.05) is 0 Å². The van der Waals surface area contributed by atoms with Gasteiger partial charge in [0.15, 0.2) is 0 Å². The number of carboxylic acids is 1. The van der Waals surface area contributed by atoms with Crippen molar-refractivity contribution in [3.63, 3.8) is 0 Å². The number of aliphatic carboxylic acids is 1. The molecule has 11 N–H and O–H groups in total. The first kappa shape index (κ1) is 33.0. The maximum atomic E-state index is 12.5. The molecule has 4 saturated carbocycles. The van der Waals surface area contributed by atoms with Crippen LogP contribution in [0.25, 0.3) is 0 Å². The van der Waals surface area contributed by atoms with Gasteiger partial charge in [-0.05, 0) is 104 Å². The lowest BCUT2D eigenvalue weighted by molar-refractivity contribution is -0.146. The Balaban J connectivity index is 1.09. The van der Waals surface area contributed by atoms with Crippen LogP contribution in [0.15, 0.2) is 0 Å². The quantitative estimate of drug-likeness (QED) is 0.199. The molecule has 0 aromatic heterocycles. The van der Waals surface area contributed by atoms with Gasteiger partial charge < -0.3 is 10.8 Å². The standard InChI is InChI=1S/C37H65N9O2/c1-15-16(2)26-27(28(38)17(15)3)36-43-32-23-12-8-7-11-22(23)30(41-32)39-29-20-9-5-6-10-21(20)31(40-29)42-33-24-14-13-19(37(47)48)18(4)25(24)34(44-33)45-35(26)46-36/h15-36,39-46H,5-14,38H2,1-4H3,(H,47,48). The van der Waals surface area contributed by atoms with E-state index in [-0.39, 0.29) is 60.8 Å². The van der Waals surface area contributed by atoms with E-state index in [1.165, 1.54) is 51.4 Å². The second-order valence-electron chi connectivity index (χ2n) is 18.3. The molecular weight excluding hydrogens is 602 g/mol. The second kappa shape index (κ2) is 12.7. The van der Waals surface area contributed by atoms with Gasteiger partial charge in [-0.3, -0.25) is 47.3 Å². The Morgan fingerprint density at radius 2 is 0.854 bits per heavy atom. The molecule has 11 nitrogen and oxygen atoms in total. The van der Waals surface area contributed by atoms with Gasteiger partial charge in [0.05, 0.1) is 55.2 Å². The van der Waals surface area contributed by atoms with E-state index in [1.54, 1.807) is 0 Å². The Morgan fingerprint density at radius 3 is 1.33 bits per heavy atom. The van der Waals surface area contributed by atoms with Gasteiger partial charge in [0, 0.05) is 12.0 Å². The molecule has 22 atom stereocenters. The summed E-state index contributed by atoms with van der Waals surface area (Å²) < 4.78 is 0. The molecule has 11 heteroatoms. The number of fused-ring (bicyclic) bond motifs is 20. The monoisotopic (exact) mass is 668 g/mol. The SMILES string of the molecule is CC1C(C)C(N)C2C3NC4NC(NC5NC(NC6NC(NC(N3)C2C1C)C1C(C)C(C(=O)O)CCC61)C1CCCCC51)C1CCCCC41. The van der Waals surface area contributed by atoms with Gasteiger partial charge in [0.1, 0.15) is 0 Å². The van der Waals surface area contributed by atoms with Crippen molar-refractivity contribution in [1.82, 2.24) is 42.5 Å². The fourth-order valence-electron chi connectivity index (χ4n) is 13.7. The van der Waals surface area contributed by atoms with Crippen molar-refractivity contribution in [3.05, 3.63) is 0 Å². The second-order valence-corrected chi connectivity index (χ2v) is 18.3. The van der Waals surface area contributed by atoms with Gasteiger partial charge in [-0.15, -0.1) is 0 Å². The molecule has 270 valence electrons. The molecule has 9 aliphatic rings. The number of nitrogens with one attached hydrogen (secondary N) is 8. The molecule has 8 bridgehead atoms. The van der Waals surface area contributed by atoms with Gasteiger partial charge in [-0.2, -0.15) is 0 Å². The predicted octanol–water partition coefficient (Wildman–Crippen LogP) is 1.84. The predicted molar refractivity (Wildman–Crippen MR) is 185 cm³/mol. The molecule has 4 aliphatic carbocycles. The van der Waals surface area contributed by atoms with Gasteiger partial charge in [0.25, 0.3) is 0 Å². The summed E-state index contributed by atoms with van der Waals surface area (Å²) in [6.07, 6.45) is 13.6. The molecule has 5 saturated heterocycles. The van der Waals surface area contributed by atoms with Crippen molar-refractivity contribution >= 4 is 5.97 Å². The fourth-order valence-corrected chi connectivity index (χ4v) is 13.7. The first-order valence-corrected chi connectivity index (χ1v) is 20.3. The lowest BCUT2D eigenvalue weighted by atomic mass is 9.61. The Morgan fingerprint density at radius 1 is 0.458 bits per heavy atom. The minimum atomic E-state index is -0.632. The van der Waals surface area contributed by atoms with Crippen molar-refractivity contribution in [2.24, 2.45) is 82.7 Å². The van der Waals surface area contributed by atoms with Gasteiger partial charge >= 0.3 is 5.97 Å². The Labute approximate surface area is 288 Å². The van der Waals surface area contributed by atoms with Crippen LogP contribution >= 0.6 is 0 Å². The van der Waals surface area contributed by atoms with E-state index < -0.39 is 5.97 Å². The van der Waals surface area contributed by atoms with E-state index in [0.717, 1.165) is 12.8 Å². The van der Waals surface area contributed by atoms with Gasteiger partial charge in [0.2, 0.25) is 0 Å². The fraction of sp³-hybridized carbons (Fsp3) is 0.973. The van der Waals surface area contributed by atoms with E-state index in [0.29, 0.717) is 71.5 Å². The van der Waals surface area contributed by atoms with Crippen LogP contribution in [0.2, 0.25) is 0 Å². The molecule has 5 aliphatic heterocycles. The maximum Gasteiger partial charge on any atom is 0.306 e. The zero-order valence-electron chi connectivity index (χ0n) is 29.7. The third kappa shape index (κ3) is 5.18. The van der Waals surface area contributed by atoms with Crippen LogP contribution in [-0.2, 0) is 4.79 Å². The lowest BCUT2D eigenvalue weighted by Crippen LogP contribution is -2.62. The van der Waals surface area contributed by atoms with Crippen LogP contribution in [0.4, 0.5) is 0 Å². The molecular formula is C37H65N9O2. The minimum Gasteiger partial charge on any atom is -0.481 e. The van der Waals surface area contributed by atoms with E-state index in [2.05, 4.69) is 70.2 Å². The number of rotatable bonds is 1. The van der Waals surface area contributed by atoms with Crippen LogP contribution in [0.5, 0.6) is 0 Å².